The smallest absolute Gasteiger partial charge is 0.0661 e. The Morgan fingerprint density at radius 2 is 2.05 bits per heavy atom. The van der Waals surface area contributed by atoms with E-state index < -0.39 is 0 Å². The van der Waals surface area contributed by atoms with Crippen LogP contribution in [0.4, 0.5) is 0 Å². The van der Waals surface area contributed by atoms with Crippen LogP contribution in [0.3, 0.4) is 0 Å². The molecule has 0 bridgehead atoms. The Morgan fingerprint density at radius 3 is 2.80 bits per heavy atom. The van der Waals surface area contributed by atoms with Crippen molar-refractivity contribution in [1.82, 2.24) is 15.1 Å². The summed E-state index contributed by atoms with van der Waals surface area (Å²) in [6.45, 7) is 4.31. The van der Waals surface area contributed by atoms with Crippen LogP contribution in [0.2, 0.25) is 10.0 Å². The third-order valence-electron chi connectivity index (χ3n) is 3.05. The molecule has 1 aromatic heterocycles. The molecule has 0 atom stereocenters. The molecule has 3 nitrogen and oxygen atoms in total. The molecule has 0 aliphatic heterocycles. The molecule has 2 rings (SSSR count). The summed E-state index contributed by atoms with van der Waals surface area (Å²) in [4.78, 5) is 0. The second-order valence-corrected chi connectivity index (χ2v) is 5.56. The number of aryl methyl sites for hydroxylation is 1. The van der Waals surface area contributed by atoms with Crippen molar-refractivity contribution in [2.24, 2.45) is 0 Å². The standard InChI is InChI=1S/C15H19Cl2N3/c1-2-7-18-8-3-4-12-10-19-20(11-12)13-5-6-14(16)15(17)9-13/h5-6,9-11,18H,2-4,7-8H2,1H3. The molecule has 108 valence electrons. The molecular formula is C15H19Cl2N3. The molecule has 0 saturated carbocycles. The molecule has 2 aromatic rings. The van der Waals surface area contributed by atoms with E-state index in [1.54, 1.807) is 6.07 Å². The van der Waals surface area contributed by atoms with Crippen LogP contribution in [0.5, 0.6) is 0 Å². The summed E-state index contributed by atoms with van der Waals surface area (Å²) >= 11 is 11.9. The van der Waals surface area contributed by atoms with Crippen LogP contribution in [0.15, 0.2) is 30.6 Å². The molecule has 1 heterocycles. The number of nitrogens with one attached hydrogen (secondary N) is 1. The predicted octanol–water partition coefficient (Wildman–Crippen LogP) is 4.11. The van der Waals surface area contributed by atoms with Crippen molar-refractivity contribution < 1.29 is 0 Å². The van der Waals surface area contributed by atoms with Crippen LogP contribution in [0.25, 0.3) is 5.69 Å². The van der Waals surface area contributed by atoms with Crippen LogP contribution < -0.4 is 5.32 Å². The first kappa shape index (κ1) is 15.4. The second-order valence-electron chi connectivity index (χ2n) is 4.75. The molecule has 0 amide bonds. The van der Waals surface area contributed by atoms with E-state index in [4.69, 9.17) is 23.2 Å². The Balaban J connectivity index is 1.93. The molecule has 0 fully saturated rings. The third-order valence-corrected chi connectivity index (χ3v) is 3.79. The largest absolute Gasteiger partial charge is 0.317 e. The van der Waals surface area contributed by atoms with E-state index in [0.717, 1.165) is 31.6 Å². The normalized spacial score (nSPS) is 10.9. The highest BCUT2D eigenvalue weighted by molar-refractivity contribution is 6.42. The average molecular weight is 312 g/mol. The Bertz CT molecular complexity index is 552. The van der Waals surface area contributed by atoms with Crippen LogP contribution >= 0.6 is 23.2 Å². The van der Waals surface area contributed by atoms with Gasteiger partial charge in [0.1, 0.15) is 0 Å². The SMILES string of the molecule is CCCNCCCc1cnn(-c2ccc(Cl)c(Cl)c2)c1. The monoisotopic (exact) mass is 311 g/mol. The van der Waals surface area contributed by atoms with Crippen molar-refractivity contribution in [3.05, 3.63) is 46.2 Å². The first-order valence-corrected chi connectivity index (χ1v) is 7.66. The molecule has 0 spiro atoms. The molecule has 0 aliphatic rings. The van der Waals surface area contributed by atoms with Gasteiger partial charge < -0.3 is 5.32 Å². The van der Waals surface area contributed by atoms with E-state index in [9.17, 15) is 0 Å². The number of nitrogens with zero attached hydrogens (tertiary/aromatic N) is 2. The highest BCUT2D eigenvalue weighted by atomic mass is 35.5. The summed E-state index contributed by atoms with van der Waals surface area (Å²) in [6.07, 6.45) is 7.27. The highest BCUT2D eigenvalue weighted by Crippen LogP contribution is 2.24. The zero-order chi connectivity index (χ0) is 14.4. The van der Waals surface area contributed by atoms with Gasteiger partial charge in [0.05, 0.1) is 21.9 Å². The van der Waals surface area contributed by atoms with Gasteiger partial charge in [0.25, 0.3) is 0 Å². The molecule has 1 aromatic carbocycles. The second kappa shape index (κ2) is 7.67. The van der Waals surface area contributed by atoms with Gasteiger partial charge in [-0.05, 0) is 56.1 Å². The van der Waals surface area contributed by atoms with Crippen molar-refractivity contribution >= 4 is 23.2 Å². The molecule has 1 N–H and O–H groups in total. The van der Waals surface area contributed by atoms with Crippen molar-refractivity contribution in [3.8, 4) is 5.69 Å². The summed E-state index contributed by atoms with van der Waals surface area (Å²) in [7, 11) is 0. The lowest BCUT2D eigenvalue weighted by Crippen LogP contribution is -2.16. The van der Waals surface area contributed by atoms with Crippen molar-refractivity contribution in [1.29, 1.82) is 0 Å². The van der Waals surface area contributed by atoms with Gasteiger partial charge in [0.2, 0.25) is 0 Å². The number of rotatable bonds is 7. The summed E-state index contributed by atoms with van der Waals surface area (Å²) in [5, 5.41) is 8.87. The number of hydrogen-bond acceptors (Lipinski definition) is 2. The minimum Gasteiger partial charge on any atom is -0.317 e. The number of halogens is 2. The van der Waals surface area contributed by atoms with Crippen LogP contribution in [0.1, 0.15) is 25.3 Å². The first-order valence-electron chi connectivity index (χ1n) is 6.90. The van der Waals surface area contributed by atoms with Crippen LogP contribution in [-0.2, 0) is 6.42 Å². The van der Waals surface area contributed by atoms with Gasteiger partial charge in [-0.15, -0.1) is 0 Å². The van der Waals surface area contributed by atoms with Gasteiger partial charge in [-0.2, -0.15) is 5.10 Å². The van der Waals surface area contributed by atoms with Crippen LogP contribution in [-0.4, -0.2) is 22.9 Å². The predicted molar refractivity (Wildman–Crippen MR) is 85.1 cm³/mol. The van der Waals surface area contributed by atoms with Gasteiger partial charge in [-0.1, -0.05) is 30.1 Å². The number of hydrogen-bond donors (Lipinski definition) is 1. The fourth-order valence-electron chi connectivity index (χ4n) is 1.98. The van der Waals surface area contributed by atoms with Gasteiger partial charge in [-0.25, -0.2) is 4.68 Å². The maximum Gasteiger partial charge on any atom is 0.0661 e. The summed E-state index contributed by atoms with van der Waals surface area (Å²) in [5.41, 5.74) is 2.16. The van der Waals surface area contributed by atoms with E-state index in [0.29, 0.717) is 10.0 Å². The Kier molecular flexibility index (Phi) is 5.89. The molecule has 5 heteroatoms. The first-order chi connectivity index (χ1) is 9.70. The topological polar surface area (TPSA) is 29.9 Å². The fraction of sp³-hybridized carbons (Fsp3) is 0.400. The highest BCUT2D eigenvalue weighted by Gasteiger charge is 2.04. The lowest BCUT2D eigenvalue weighted by Gasteiger charge is -2.03. The lowest BCUT2D eigenvalue weighted by atomic mass is 10.2. The summed E-state index contributed by atoms with van der Waals surface area (Å²) in [5.74, 6) is 0. The Hall–Kier alpha value is -1.03. The fourth-order valence-corrected chi connectivity index (χ4v) is 2.27. The third kappa shape index (κ3) is 4.23. The number of aromatic nitrogens is 2. The van der Waals surface area contributed by atoms with Gasteiger partial charge in [0.15, 0.2) is 0 Å². The molecule has 0 unspecified atom stereocenters. The van der Waals surface area contributed by atoms with Gasteiger partial charge in [0, 0.05) is 6.20 Å². The van der Waals surface area contributed by atoms with Crippen LogP contribution in [0, 0.1) is 0 Å². The molecule has 20 heavy (non-hydrogen) atoms. The minimum atomic E-state index is 0.546. The average Bonchev–Trinajstić information content (AvgIpc) is 2.90. The zero-order valence-corrected chi connectivity index (χ0v) is 13.1. The number of benzene rings is 1. The molecule has 0 radical (unpaired) electrons. The Labute approximate surface area is 129 Å². The quantitative estimate of drug-likeness (QED) is 0.780. The van der Waals surface area contributed by atoms with Crippen molar-refractivity contribution in [2.75, 3.05) is 13.1 Å². The lowest BCUT2D eigenvalue weighted by molar-refractivity contribution is 0.640. The maximum absolute atomic E-state index is 6.02. The van der Waals surface area contributed by atoms with Gasteiger partial charge in [-0.3, -0.25) is 0 Å². The minimum absolute atomic E-state index is 0.546. The van der Waals surface area contributed by atoms with E-state index in [2.05, 4.69) is 17.3 Å². The van der Waals surface area contributed by atoms with Crippen molar-refractivity contribution in [3.63, 3.8) is 0 Å². The van der Waals surface area contributed by atoms with E-state index in [-0.39, 0.29) is 0 Å². The van der Waals surface area contributed by atoms with E-state index >= 15 is 0 Å². The van der Waals surface area contributed by atoms with E-state index in [1.807, 2.05) is 29.2 Å². The summed E-state index contributed by atoms with van der Waals surface area (Å²) in [6, 6.07) is 5.52. The van der Waals surface area contributed by atoms with Gasteiger partial charge >= 0.3 is 0 Å². The summed E-state index contributed by atoms with van der Waals surface area (Å²) < 4.78 is 1.83. The molecule has 0 aliphatic carbocycles. The van der Waals surface area contributed by atoms with E-state index in [1.165, 1.54) is 12.0 Å². The zero-order valence-electron chi connectivity index (χ0n) is 11.6. The van der Waals surface area contributed by atoms with Crippen molar-refractivity contribution in [2.45, 2.75) is 26.2 Å². The Morgan fingerprint density at radius 1 is 1.20 bits per heavy atom. The molecule has 0 saturated heterocycles. The maximum atomic E-state index is 6.02. The molecular weight excluding hydrogens is 293 g/mol.